The molecule has 0 saturated carbocycles. The van der Waals surface area contributed by atoms with Gasteiger partial charge in [-0.3, -0.25) is 9.59 Å². The SMILES string of the molecule is CCOC(=O)C[C@@H]1C(=O)N([SH](=O)=O)C=C[C@@H]1c1ccco1. The minimum atomic E-state index is -3.08. The van der Waals surface area contributed by atoms with Gasteiger partial charge in [-0.2, -0.15) is 0 Å². The lowest BCUT2D eigenvalue weighted by Crippen LogP contribution is -2.38. The third-order valence-electron chi connectivity index (χ3n) is 3.15. The highest BCUT2D eigenvalue weighted by Gasteiger charge is 2.38. The van der Waals surface area contributed by atoms with Gasteiger partial charge in [0.15, 0.2) is 0 Å². The van der Waals surface area contributed by atoms with Gasteiger partial charge in [0.05, 0.1) is 25.2 Å². The van der Waals surface area contributed by atoms with Crippen molar-refractivity contribution in [3.8, 4) is 0 Å². The molecule has 1 amide bonds. The predicted molar refractivity (Wildman–Crippen MR) is 72.5 cm³/mol. The van der Waals surface area contributed by atoms with E-state index in [1.165, 1.54) is 18.5 Å². The summed E-state index contributed by atoms with van der Waals surface area (Å²) >= 11 is 0. The van der Waals surface area contributed by atoms with Crippen LogP contribution in [0.5, 0.6) is 0 Å². The molecule has 2 rings (SSSR count). The molecule has 0 N–H and O–H groups in total. The number of rotatable bonds is 5. The van der Waals surface area contributed by atoms with Crippen LogP contribution < -0.4 is 0 Å². The highest BCUT2D eigenvalue weighted by atomic mass is 32.2. The summed E-state index contributed by atoms with van der Waals surface area (Å²) in [5, 5.41) is 0. The first-order valence-corrected chi connectivity index (χ1v) is 7.52. The third kappa shape index (κ3) is 3.33. The summed E-state index contributed by atoms with van der Waals surface area (Å²) in [6.45, 7) is 1.85. The molecular formula is C13H15NO6S. The largest absolute Gasteiger partial charge is 0.469 e. The van der Waals surface area contributed by atoms with Gasteiger partial charge in [-0.15, -0.1) is 0 Å². The van der Waals surface area contributed by atoms with Crippen LogP contribution in [0.2, 0.25) is 0 Å². The second-order valence-electron chi connectivity index (χ2n) is 4.42. The molecule has 1 aromatic rings. The number of amides is 1. The summed E-state index contributed by atoms with van der Waals surface area (Å²) in [6, 6.07) is 3.34. The quantitative estimate of drug-likeness (QED) is 0.639. The molecule has 2 atom stereocenters. The van der Waals surface area contributed by atoms with Crippen molar-refractivity contribution in [2.24, 2.45) is 5.92 Å². The van der Waals surface area contributed by atoms with Crippen LogP contribution >= 0.6 is 0 Å². The molecule has 8 heteroatoms. The van der Waals surface area contributed by atoms with Crippen LogP contribution in [-0.4, -0.2) is 31.2 Å². The van der Waals surface area contributed by atoms with E-state index in [-0.39, 0.29) is 13.0 Å². The monoisotopic (exact) mass is 313 g/mol. The molecule has 1 aromatic heterocycles. The van der Waals surface area contributed by atoms with Gasteiger partial charge in [0.25, 0.3) is 0 Å². The van der Waals surface area contributed by atoms with Gasteiger partial charge in [0, 0.05) is 12.1 Å². The topological polar surface area (TPSA) is 93.9 Å². The van der Waals surface area contributed by atoms with Gasteiger partial charge < -0.3 is 9.15 Å². The summed E-state index contributed by atoms with van der Waals surface area (Å²) < 4.78 is 32.8. The van der Waals surface area contributed by atoms with Crippen molar-refractivity contribution < 1.29 is 27.2 Å². The molecule has 1 aliphatic heterocycles. The predicted octanol–water partition coefficient (Wildman–Crippen LogP) is 0.815. The van der Waals surface area contributed by atoms with E-state index in [1.54, 1.807) is 19.1 Å². The second-order valence-corrected chi connectivity index (χ2v) is 5.33. The van der Waals surface area contributed by atoms with Gasteiger partial charge in [-0.1, -0.05) is 6.08 Å². The molecule has 2 heterocycles. The molecule has 0 aliphatic carbocycles. The fraction of sp³-hybridized carbons (Fsp3) is 0.385. The molecule has 0 spiro atoms. The van der Waals surface area contributed by atoms with E-state index in [9.17, 15) is 18.0 Å². The molecule has 21 heavy (non-hydrogen) atoms. The summed E-state index contributed by atoms with van der Waals surface area (Å²) in [5.41, 5.74) is 0. The molecule has 0 radical (unpaired) electrons. The lowest BCUT2D eigenvalue weighted by molar-refractivity contribution is -0.147. The Morgan fingerprint density at radius 1 is 1.48 bits per heavy atom. The van der Waals surface area contributed by atoms with Crippen molar-refractivity contribution in [1.29, 1.82) is 0 Å². The molecule has 1 aliphatic rings. The lowest BCUT2D eigenvalue weighted by atomic mass is 9.85. The van der Waals surface area contributed by atoms with E-state index in [4.69, 9.17) is 9.15 Å². The summed E-state index contributed by atoms with van der Waals surface area (Å²) in [4.78, 5) is 23.9. The Morgan fingerprint density at radius 2 is 2.24 bits per heavy atom. The van der Waals surface area contributed by atoms with Gasteiger partial charge in [0.2, 0.25) is 16.8 Å². The first-order chi connectivity index (χ1) is 10.0. The molecule has 114 valence electrons. The molecular weight excluding hydrogens is 298 g/mol. The minimum absolute atomic E-state index is 0.195. The van der Waals surface area contributed by atoms with E-state index in [2.05, 4.69) is 0 Å². The average Bonchev–Trinajstić information content (AvgIpc) is 2.94. The van der Waals surface area contributed by atoms with Crippen LogP contribution in [0.25, 0.3) is 0 Å². The number of nitrogens with zero attached hydrogens (tertiary/aromatic N) is 1. The van der Waals surface area contributed by atoms with E-state index in [0.29, 0.717) is 10.1 Å². The van der Waals surface area contributed by atoms with Crippen molar-refractivity contribution in [1.82, 2.24) is 4.31 Å². The van der Waals surface area contributed by atoms with Crippen LogP contribution in [0.1, 0.15) is 25.0 Å². The molecule has 0 aromatic carbocycles. The van der Waals surface area contributed by atoms with Crippen molar-refractivity contribution in [2.75, 3.05) is 6.61 Å². The van der Waals surface area contributed by atoms with E-state index in [1.807, 2.05) is 0 Å². The number of ether oxygens (including phenoxy) is 1. The highest BCUT2D eigenvalue weighted by molar-refractivity contribution is 7.70. The molecule has 0 unspecified atom stereocenters. The summed E-state index contributed by atoms with van der Waals surface area (Å²) in [7, 11) is -3.08. The Kier molecular flexibility index (Phi) is 4.79. The number of carbonyl (C=O) groups is 2. The molecule has 0 bridgehead atoms. The Hall–Kier alpha value is -2.09. The van der Waals surface area contributed by atoms with E-state index >= 15 is 0 Å². The zero-order valence-corrected chi connectivity index (χ0v) is 12.2. The maximum Gasteiger partial charge on any atom is 0.306 e. The molecule has 0 saturated heterocycles. The van der Waals surface area contributed by atoms with Crippen LogP contribution in [0, 0.1) is 5.92 Å². The maximum absolute atomic E-state index is 12.3. The number of esters is 1. The van der Waals surface area contributed by atoms with Gasteiger partial charge in [-0.25, -0.2) is 12.7 Å². The highest BCUT2D eigenvalue weighted by Crippen LogP contribution is 2.34. The number of hydrogen-bond donors (Lipinski definition) is 1. The second kappa shape index (κ2) is 6.57. The van der Waals surface area contributed by atoms with Crippen LogP contribution in [0.4, 0.5) is 0 Å². The number of furan rings is 1. The Morgan fingerprint density at radius 3 is 2.81 bits per heavy atom. The summed E-state index contributed by atoms with van der Waals surface area (Å²) in [5.74, 6) is -2.09. The average molecular weight is 313 g/mol. The smallest absolute Gasteiger partial charge is 0.306 e. The number of allylic oxidation sites excluding steroid dienone is 1. The van der Waals surface area contributed by atoms with E-state index < -0.39 is 34.6 Å². The number of hydrogen-bond acceptors (Lipinski definition) is 6. The molecule has 7 nitrogen and oxygen atoms in total. The molecule has 0 fully saturated rings. The summed E-state index contributed by atoms with van der Waals surface area (Å²) in [6.07, 6.45) is 3.97. The minimum Gasteiger partial charge on any atom is -0.469 e. The van der Waals surface area contributed by atoms with Crippen molar-refractivity contribution in [3.05, 3.63) is 36.4 Å². The number of thiol groups is 1. The van der Waals surface area contributed by atoms with Crippen molar-refractivity contribution in [2.45, 2.75) is 19.3 Å². The zero-order valence-electron chi connectivity index (χ0n) is 11.3. The Bertz CT molecular complexity index is 611. The Labute approximate surface area is 123 Å². The third-order valence-corrected chi connectivity index (χ3v) is 3.83. The van der Waals surface area contributed by atoms with Gasteiger partial charge >= 0.3 is 5.97 Å². The van der Waals surface area contributed by atoms with Crippen molar-refractivity contribution in [3.63, 3.8) is 0 Å². The Balaban J connectivity index is 2.31. The fourth-order valence-corrected chi connectivity index (χ4v) is 2.72. The first-order valence-electron chi connectivity index (χ1n) is 6.39. The van der Waals surface area contributed by atoms with Crippen LogP contribution in [0.15, 0.2) is 35.1 Å². The standard InChI is InChI=1S/C13H15NO6S/c1-2-19-12(15)8-10-9(11-4-3-7-20-11)5-6-14(13(10)16)21(17)18/h3-7,9-10,21H,2,8H2,1H3/t9-,10-/m0/s1. The zero-order chi connectivity index (χ0) is 15.4. The maximum atomic E-state index is 12.3. The van der Waals surface area contributed by atoms with E-state index in [0.717, 1.165) is 0 Å². The normalized spacial score (nSPS) is 21.8. The first kappa shape index (κ1) is 15.3. The van der Waals surface area contributed by atoms with Gasteiger partial charge in [-0.05, 0) is 19.1 Å². The lowest BCUT2D eigenvalue weighted by Gasteiger charge is -2.28. The van der Waals surface area contributed by atoms with Crippen molar-refractivity contribution >= 4 is 22.8 Å². The van der Waals surface area contributed by atoms with Crippen LogP contribution in [-0.2, 0) is 25.2 Å². The van der Waals surface area contributed by atoms with Crippen LogP contribution in [0.3, 0.4) is 0 Å². The number of carbonyl (C=O) groups excluding carboxylic acids is 2. The fourth-order valence-electron chi connectivity index (χ4n) is 2.23. The van der Waals surface area contributed by atoms with Gasteiger partial charge in [0.1, 0.15) is 5.76 Å².